The van der Waals surface area contributed by atoms with Crippen LogP contribution in [0.1, 0.15) is 18.9 Å². The maximum atomic E-state index is 9.75. The minimum absolute atomic E-state index is 0.182. The number of nitrogens with one attached hydrogen (secondary N) is 1. The van der Waals surface area contributed by atoms with E-state index in [9.17, 15) is 5.11 Å². The zero-order valence-electron chi connectivity index (χ0n) is 10.7. The first-order valence-electron chi connectivity index (χ1n) is 5.85. The molecular weight excluding hydrogens is 236 g/mol. The van der Waals surface area contributed by atoms with Crippen molar-refractivity contribution in [3.63, 3.8) is 0 Å². The van der Waals surface area contributed by atoms with Gasteiger partial charge in [0.2, 0.25) is 0 Å². The summed E-state index contributed by atoms with van der Waals surface area (Å²) in [6.45, 7) is 3.84. The second-order valence-electron chi connectivity index (χ2n) is 4.62. The van der Waals surface area contributed by atoms with E-state index < -0.39 is 0 Å². The van der Waals surface area contributed by atoms with E-state index >= 15 is 0 Å². The summed E-state index contributed by atoms with van der Waals surface area (Å²) in [5, 5.41) is 13.5. The smallest absolute Gasteiger partial charge is 0.138 e. The molecule has 0 saturated heterocycles. The molecule has 2 N–H and O–H groups in total. The van der Waals surface area contributed by atoms with Crippen LogP contribution in [0.15, 0.2) is 18.2 Å². The van der Waals surface area contributed by atoms with Gasteiger partial charge in [-0.05, 0) is 40.1 Å². The Labute approximate surface area is 108 Å². The Bertz CT molecular complexity index is 355. The van der Waals surface area contributed by atoms with Crippen LogP contribution in [0.3, 0.4) is 0 Å². The summed E-state index contributed by atoms with van der Waals surface area (Å²) in [4.78, 5) is 2.16. The predicted molar refractivity (Wildman–Crippen MR) is 72.6 cm³/mol. The molecule has 0 bridgehead atoms. The first-order chi connectivity index (χ1) is 8.00. The number of phenols is 1. The van der Waals surface area contributed by atoms with Crippen LogP contribution in [0.25, 0.3) is 0 Å². The molecule has 0 fully saturated rings. The molecule has 1 aromatic carbocycles. The predicted octanol–water partition coefficient (Wildman–Crippen LogP) is 2.48. The molecule has 0 spiro atoms. The number of rotatable bonds is 6. The van der Waals surface area contributed by atoms with Gasteiger partial charge in [-0.1, -0.05) is 23.7 Å². The van der Waals surface area contributed by atoms with Gasteiger partial charge in [-0.15, -0.1) is 0 Å². The van der Waals surface area contributed by atoms with Crippen molar-refractivity contribution in [3.8, 4) is 5.75 Å². The zero-order chi connectivity index (χ0) is 12.8. The number of hydrogen-bond donors (Lipinski definition) is 2. The van der Waals surface area contributed by atoms with Gasteiger partial charge in [0, 0.05) is 18.2 Å². The van der Waals surface area contributed by atoms with Crippen LogP contribution in [-0.4, -0.2) is 36.7 Å². The molecule has 1 atom stereocenters. The van der Waals surface area contributed by atoms with Crippen molar-refractivity contribution < 1.29 is 5.11 Å². The monoisotopic (exact) mass is 256 g/mol. The van der Waals surface area contributed by atoms with Gasteiger partial charge >= 0.3 is 0 Å². The molecule has 96 valence electrons. The standard InChI is InChI=1S/C13H21ClN2O/c1-10(7-8-16(2)3)15-9-11-5-4-6-12(14)13(11)17/h4-6,10,15,17H,7-9H2,1-3H3. The van der Waals surface area contributed by atoms with Gasteiger partial charge in [0.05, 0.1) is 5.02 Å². The van der Waals surface area contributed by atoms with Crippen LogP contribution in [-0.2, 0) is 6.54 Å². The van der Waals surface area contributed by atoms with Crippen LogP contribution >= 0.6 is 11.6 Å². The molecule has 0 aliphatic rings. The Morgan fingerprint density at radius 3 is 2.76 bits per heavy atom. The summed E-state index contributed by atoms with van der Waals surface area (Å²) >= 11 is 5.85. The summed E-state index contributed by atoms with van der Waals surface area (Å²) < 4.78 is 0. The third kappa shape index (κ3) is 4.94. The number of para-hydroxylation sites is 1. The fraction of sp³-hybridized carbons (Fsp3) is 0.538. The van der Waals surface area contributed by atoms with E-state index in [4.69, 9.17) is 11.6 Å². The van der Waals surface area contributed by atoms with E-state index in [1.54, 1.807) is 6.07 Å². The van der Waals surface area contributed by atoms with E-state index in [0.29, 0.717) is 17.6 Å². The maximum absolute atomic E-state index is 9.75. The number of halogens is 1. The average Bonchev–Trinajstić information content (AvgIpc) is 2.28. The molecule has 1 rings (SSSR count). The lowest BCUT2D eigenvalue weighted by atomic mass is 10.1. The molecule has 0 heterocycles. The number of phenolic OH excluding ortho intramolecular Hbond substituents is 1. The largest absolute Gasteiger partial charge is 0.506 e. The van der Waals surface area contributed by atoms with Gasteiger partial charge in [-0.3, -0.25) is 0 Å². The van der Waals surface area contributed by atoms with E-state index in [0.717, 1.165) is 18.5 Å². The van der Waals surface area contributed by atoms with Gasteiger partial charge in [0.15, 0.2) is 0 Å². The topological polar surface area (TPSA) is 35.5 Å². The first kappa shape index (κ1) is 14.3. The summed E-state index contributed by atoms with van der Waals surface area (Å²) in [6, 6.07) is 5.84. The SMILES string of the molecule is CC(CCN(C)C)NCc1cccc(Cl)c1O. The lowest BCUT2D eigenvalue weighted by molar-refractivity contribution is 0.364. The zero-order valence-corrected chi connectivity index (χ0v) is 11.5. The van der Waals surface area contributed by atoms with Crippen molar-refractivity contribution >= 4 is 11.6 Å². The van der Waals surface area contributed by atoms with Gasteiger partial charge in [0.25, 0.3) is 0 Å². The quantitative estimate of drug-likeness (QED) is 0.821. The maximum Gasteiger partial charge on any atom is 0.138 e. The minimum Gasteiger partial charge on any atom is -0.506 e. The summed E-state index contributed by atoms with van der Waals surface area (Å²) in [5.74, 6) is 0.182. The summed E-state index contributed by atoms with van der Waals surface area (Å²) in [5.41, 5.74) is 0.842. The van der Waals surface area contributed by atoms with Crippen molar-refractivity contribution in [2.75, 3.05) is 20.6 Å². The molecule has 1 aromatic rings. The van der Waals surface area contributed by atoms with Crippen molar-refractivity contribution in [1.82, 2.24) is 10.2 Å². The van der Waals surface area contributed by atoms with Crippen molar-refractivity contribution in [2.45, 2.75) is 25.9 Å². The molecular formula is C13H21ClN2O. The van der Waals surface area contributed by atoms with E-state index in [-0.39, 0.29) is 5.75 Å². The molecule has 0 saturated carbocycles. The van der Waals surface area contributed by atoms with Crippen molar-refractivity contribution in [3.05, 3.63) is 28.8 Å². The first-order valence-corrected chi connectivity index (χ1v) is 6.23. The highest BCUT2D eigenvalue weighted by Crippen LogP contribution is 2.26. The third-order valence-electron chi connectivity index (χ3n) is 2.72. The Hall–Kier alpha value is -0.770. The highest BCUT2D eigenvalue weighted by molar-refractivity contribution is 6.32. The fourth-order valence-electron chi connectivity index (χ4n) is 1.54. The number of nitrogens with zero attached hydrogens (tertiary/aromatic N) is 1. The van der Waals surface area contributed by atoms with Gasteiger partial charge < -0.3 is 15.3 Å². The summed E-state index contributed by atoms with van der Waals surface area (Å²) in [6.07, 6.45) is 1.08. The highest BCUT2D eigenvalue weighted by atomic mass is 35.5. The second-order valence-corrected chi connectivity index (χ2v) is 5.03. The molecule has 0 aromatic heterocycles. The molecule has 0 aliphatic heterocycles. The number of hydrogen-bond acceptors (Lipinski definition) is 3. The van der Waals surface area contributed by atoms with Crippen LogP contribution in [0, 0.1) is 0 Å². The minimum atomic E-state index is 0.182. The molecule has 0 radical (unpaired) electrons. The lowest BCUT2D eigenvalue weighted by Crippen LogP contribution is -2.29. The highest BCUT2D eigenvalue weighted by Gasteiger charge is 2.07. The van der Waals surface area contributed by atoms with E-state index in [2.05, 4.69) is 31.2 Å². The molecule has 0 aliphatic carbocycles. The summed E-state index contributed by atoms with van der Waals surface area (Å²) in [7, 11) is 4.13. The van der Waals surface area contributed by atoms with Gasteiger partial charge in [0.1, 0.15) is 5.75 Å². The Kier molecular flexibility index (Phi) is 5.75. The van der Waals surface area contributed by atoms with Crippen molar-refractivity contribution in [1.29, 1.82) is 0 Å². The third-order valence-corrected chi connectivity index (χ3v) is 3.03. The Morgan fingerprint density at radius 2 is 2.12 bits per heavy atom. The molecule has 3 nitrogen and oxygen atoms in total. The van der Waals surface area contributed by atoms with Gasteiger partial charge in [-0.2, -0.15) is 0 Å². The van der Waals surface area contributed by atoms with Gasteiger partial charge in [-0.25, -0.2) is 0 Å². The average molecular weight is 257 g/mol. The Morgan fingerprint density at radius 1 is 1.41 bits per heavy atom. The van der Waals surface area contributed by atoms with E-state index in [1.165, 1.54) is 0 Å². The van der Waals surface area contributed by atoms with Crippen LogP contribution < -0.4 is 5.32 Å². The molecule has 4 heteroatoms. The molecule has 0 amide bonds. The molecule has 17 heavy (non-hydrogen) atoms. The van der Waals surface area contributed by atoms with Crippen LogP contribution in [0.5, 0.6) is 5.75 Å². The number of benzene rings is 1. The lowest BCUT2D eigenvalue weighted by Gasteiger charge is -2.17. The molecule has 1 unspecified atom stereocenters. The van der Waals surface area contributed by atoms with Crippen LogP contribution in [0.2, 0.25) is 5.02 Å². The van der Waals surface area contributed by atoms with E-state index in [1.807, 2.05) is 12.1 Å². The number of aromatic hydroxyl groups is 1. The Balaban J connectivity index is 2.42. The fourth-order valence-corrected chi connectivity index (χ4v) is 1.73. The second kappa shape index (κ2) is 6.84. The van der Waals surface area contributed by atoms with Crippen molar-refractivity contribution in [2.24, 2.45) is 0 Å². The van der Waals surface area contributed by atoms with Crippen LogP contribution in [0.4, 0.5) is 0 Å². The normalized spacial score (nSPS) is 13.0.